The summed E-state index contributed by atoms with van der Waals surface area (Å²) in [5.74, 6) is -6.86. The zero-order valence-electron chi connectivity index (χ0n) is 65.6. The molecule has 4 fully saturated rings. The Balaban J connectivity index is 0.00000188. The quantitative estimate of drug-likeness (QED) is 0.00824. The fraction of sp³-hybridized carbons (Fsp3) is 0.512. The number of quaternary nitrogens is 1. The van der Waals surface area contributed by atoms with Crippen molar-refractivity contribution < 1.29 is 90.1 Å². The number of rotatable bonds is 37. The van der Waals surface area contributed by atoms with Crippen LogP contribution in [0.3, 0.4) is 0 Å². The van der Waals surface area contributed by atoms with E-state index in [1.54, 1.807) is 42.4 Å². The molecule has 0 radical (unpaired) electrons. The minimum atomic E-state index is -5.08. The van der Waals surface area contributed by atoms with Crippen LogP contribution in [0.15, 0.2) is 97.2 Å². The minimum absolute atomic E-state index is 0.00748. The van der Waals surface area contributed by atoms with Gasteiger partial charge in [-0.25, -0.2) is 24.4 Å². The molecule has 8 N–H and O–H groups in total. The van der Waals surface area contributed by atoms with Crippen molar-refractivity contribution in [3.8, 4) is 11.1 Å². The molecule has 0 saturated heterocycles. The van der Waals surface area contributed by atoms with Crippen molar-refractivity contribution in [3.05, 3.63) is 131 Å². The van der Waals surface area contributed by atoms with Gasteiger partial charge in [0, 0.05) is 112 Å². The summed E-state index contributed by atoms with van der Waals surface area (Å²) in [6, 6.07) is 22.1. The number of aromatic carboxylic acids is 1. The number of halogens is 3. The highest BCUT2D eigenvalue weighted by Gasteiger charge is 2.66. The number of benzene rings is 3. The van der Waals surface area contributed by atoms with Gasteiger partial charge in [-0.05, 0) is 172 Å². The summed E-state index contributed by atoms with van der Waals surface area (Å²) in [7, 11) is 8.13. The van der Waals surface area contributed by atoms with Gasteiger partial charge in [0.1, 0.15) is 24.2 Å². The van der Waals surface area contributed by atoms with E-state index < -0.39 is 59.5 Å². The van der Waals surface area contributed by atoms with E-state index in [0.717, 1.165) is 94.3 Å². The zero-order chi connectivity index (χ0) is 82.5. The lowest BCUT2D eigenvalue weighted by Gasteiger charge is -2.69. The number of likely N-dealkylation sites (N-methyl/N-ethyl adjacent to an activating group) is 1. The van der Waals surface area contributed by atoms with E-state index in [4.69, 9.17) is 35.2 Å². The lowest BCUT2D eigenvalue weighted by atomic mass is 9.39. The number of unbranched alkanes of at least 4 members (excludes halogenated alkanes) is 3. The number of fused-ring (bicyclic) bond motifs is 2. The number of thiazole rings is 1. The summed E-state index contributed by atoms with van der Waals surface area (Å²) in [4.78, 5) is 153. The third-order valence-corrected chi connectivity index (χ3v) is 22.9. The number of nitrogens with zero attached hydrogens (tertiary/aromatic N) is 8. The first-order valence-corrected chi connectivity index (χ1v) is 39.4. The molecule has 4 saturated carbocycles. The molecule has 4 aliphatic carbocycles. The number of pyridine rings is 1. The van der Waals surface area contributed by atoms with Crippen molar-refractivity contribution in [1.82, 2.24) is 40.2 Å². The van der Waals surface area contributed by atoms with E-state index in [-0.39, 0.29) is 103 Å². The van der Waals surface area contributed by atoms with E-state index in [2.05, 4.69) is 61.2 Å². The number of Topliss-reactive ketones (excluding diaryl/α,β-unsaturated/α-hetero) is 1. The largest absolute Gasteiger partial charge is 0.490 e. The van der Waals surface area contributed by atoms with Crippen LogP contribution in [-0.4, -0.2) is 195 Å². The first kappa shape index (κ1) is 85.9. The number of carboxylic acids is 2. The summed E-state index contributed by atoms with van der Waals surface area (Å²) in [5.41, 5.74) is 10.8. The van der Waals surface area contributed by atoms with Gasteiger partial charge in [0.25, 0.3) is 17.7 Å². The second kappa shape index (κ2) is 36.8. The van der Waals surface area contributed by atoms with Crippen molar-refractivity contribution in [2.24, 2.45) is 27.9 Å². The van der Waals surface area contributed by atoms with Crippen LogP contribution in [0.4, 0.5) is 34.6 Å². The number of aromatic nitrogens is 4. The second-order valence-electron chi connectivity index (χ2n) is 32.8. The Morgan fingerprint density at radius 2 is 1.49 bits per heavy atom. The van der Waals surface area contributed by atoms with Gasteiger partial charge in [-0.15, -0.1) is 0 Å². The molecule has 5 heterocycles. The maximum Gasteiger partial charge on any atom is 0.490 e. The van der Waals surface area contributed by atoms with E-state index in [1.807, 2.05) is 71.1 Å². The number of urea groups is 1. The molecule has 2 unspecified atom stereocenters. The molecule has 4 atom stereocenters. The van der Waals surface area contributed by atoms with E-state index >= 15 is 0 Å². The monoisotopic (exact) mass is 1600 g/mol. The van der Waals surface area contributed by atoms with Gasteiger partial charge in [-0.3, -0.25) is 53.3 Å². The number of anilines is 3. The van der Waals surface area contributed by atoms with Crippen LogP contribution >= 0.6 is 11.3 Å². The number of ketones is 1. The molecule has 612 valence electrons. The highest BCUT2D eigenvalue weighted by atomic mass is 32.1. The number of hydrogen-bond donors (Lipinski definition) is 7. The van der Waals surface area contributed by atoms with Gasteiger partial charge >= 0.3 is 30.1 Å². The normalized spacial score (nSPS) is 20.0. The van der Waals surface area contributed by atoms with Crippen LogP contribution < -0.4 is 31.9 Å². The topological polar surface area (TPSA) is 374 Å². The Hall–Kier alpha value is -10.5. The molecule has 3 aromatic heterocycles. The summed E-state index contributed by atoms with van der Waals surface area (Å²) in [6.45, 7) is 10.2. The van der Waals surface area contributed by atoms with Crippen LogP contribution in [-0.2, 0) is 73.9 Å². The summed E-state index contributed by atoms with van der Waals surface area (Å²) < 4.78 is 48.5. The molecule has 12 rings (SSSR count). The maximum atomic E-state index is 14.6. The Kier molecular flexibility index (Phi) is 27.7. The average Bonchev–Trinajstić information content (AvgIpc) is 0.810. The van der Waals surface area contributed by atoms with E-state index in [0.29, 0.717) is 110 Å². The van der Waals surface area contributed by atoms with Crippen LogP contribution in [0, 0.1) is 29.1 Å². The van der Waals surface area contributed by atoms with Crippen molar-refractivity contribution >= 4 is 103 Å². The Morgan fingerprint density at radius 1 is 0.781 bits per heavy atom. The number of imide groups is 1. The summed E-state index contributed by atoms with van der Waals surface area (Å²) >= 11 is 1.42. The van der Waals surface area contributed by atoms with Gasteiger partial charge in [0.05, 0.1) is 62.7 Å². The van der Waals surface area contributed by atoms with E-state index in [1.165, 1.54) is 23.5 Å². The molecule has 4 bridgehead atoms. The number of carbonyl (C=O) groups is 11. The van der Waals surface area contributed by atoms with E-state index in [9.17, 15) is 66.2 Å². The van der Waals surface area contributed by atoms with Gasteiger partial charge in [-0.2, -0.15) is 18.3 Å². The third-order valence-electron chi connectivity index (χ3n) is 21.9. The number of aliphatic carboxylic acids is 1. The fourth-order valence-electron chi connectivity index (χ4n) is 17.7. The van der Waals surface area contributed by atoms with Crippen molar-refractivity contribution in [2.75, 3.05) is 83.1 Å². The number of carboxylic acid groups (broad SMARTS) is 2. The Labute approximate surface area is 663 Å². The Morgan fingerprint density at radius 3 is 2.17 bits per heavy atom. The number of alkyl halides is 3. The number of primary amides is 1. The van der Waals surface area contributed by atoms with Crippen LogP contribution in [0.5, 0.6) is 0 Å². The molecule has 6 aromatic rings. The summed E-state index contributed by atoms with van der Waals surface area (Å²) in [5, 5.41) is 34.5. The fourth-order valence-corrected chi connectivity index (χ4v) is 18.6. The van der Waals surface area contributed by atoms with Crippen molar-refractivity contribution in [3.63, 3.8) is 0 Å². The maximum absolute atomic E-state index is 14.6. The highest BCUT2D eigenvalue weighted by Crippen LogP contribution is 2.72. The van der Waals surface area contributed by atoms with Crippen molar-refractivity contribution in [1.29, 1.82) is 0 Å². The first-order chi connectivity index (χ1) is 53.9. The lowest BCUT2D eigenvalue weighted by molar-refractivity contribution is -0.870. The van der Waals surface area contributed by atoms with Crippen LogP contribution in [0.2, 0.25) is 0 Å². The van der Waals surface area contributed by atoms with Gasteiger partial charge < -0.3 is 55.7 Å². The molecule has 32 heteroatoms. The van der Waals surface area contributed by atoms with Gasteiger partial charge in [0.15, 0.2) is 10.8 Å². The minimum Gasteiger partial charge on any atom is -0.476 e. The highest BCUT2D eigenvalue weighted by molar-refractivity contribution is 7.22. The van der Waals surface area contributed by atoms with Crippen LogP contribution in [0.25, 0.3) is 21.3 Å². The number of esters is 1. The number of hydrogen-bond acceptors (Lipinski definition) is 18. The zero-order valence-corrected chi connectivity index (χ0v) is 66.4. The second-order valence-corrected chi connectivity index (χ2v) is 33.9. The first-order valence-electron chi connectivity index (χ1n) is 38.6. The molecule has 6 aliphatic rings. The number of ether oxygens (including phenoxy) is 2. The molecular formula is C82H103F3N13O15S+. The third kappa shape index (κ3) is 22.9. The van der Waals surface area contributed by atoms with Crippen molar-refractivity contribution in [2.45, 2.75) is 180 Å². The van der Waals surface area contributed by atoms with Gasteiger partial charge in [0.2, 0.25) is 17.7 Å². The molecule has 28 nitrogen and oxygen atoms in total. The smallest absolute Gasteiger partial charge is 0.476 e. The predicted octanol–water partition coefficient (Wildman–Crippen LogP) is 10.9. The van der Waals surface area contributed by atoms with Crippen LogP contribution in [0.1, 0.15) is 173 Å². The lowest BCUT2D eigenvalue weighted by Crippen LogP contribution is -2.64. The summed E-state index contributed by atoms with van der Waals surface area (Å²) in [6.07, 6.45) is 9.58. The average molecular weight is 1600 g/mol. The number of nitrogens with one attached hydrogen (secondary N) is 4. The molecule has 3 aromatic carbocycles. The predicted molar refractivity (Wildman–Crippen MR) is 419 cm³/mol. The SMILES string of the molecule is Cc1c(-c2ccc(N3CCc4cccc(C(=O)Nc5nc6ccccc6s5)c4C3)nc2C(=O)O)cnn1CC12CC3(C)CC(C)(C1)CC(OCCN(C)C(=O)[C@H](CCCC[N+](C)(C)C)CC(=O)OCc1ccc(NC(=O)[C@H](CCCNC(N)=O)NC(=O)CCC(=O)CCCCCN4C(=O)C=CC4=O)cc1)(C3)C2.O=C(O)C(F)(F)F. The Bertz CT molecular complexity index is 4540. The molecule has 0 spiro atoms. The molecule has 2 aliphatic heterocycles. The number of amides is 8. The van der Waals surface area contributed by atoms with Gasteiger partial charge in [-0.1, -0.05) is 68.0 Å². The number of para-hydroxylation sites is 1. The molecular weight excluding hydrogens is 1500 g/mol. The molecule has 8 amide bonds. The molecule has 114 heavy (non-hydrogen) atoms. The number of carbonyl (C=O) groups excluding carboxylic acids is 9. The standard InChI is InChI=1S/C80H101N13O13S.C2HF3O2/c1-52-60(58-29-30-65(87-70(58)74(102)103)90-37-34-54-18-15-20-59(61(54)43-90)71(99)88-76-86-62-21-10-11-23-64(62)107-76)42-83-92(52)51-79-46-77(2)45-78(3,47-79)49-80(48-77,50-79)106-40-38-89(4)73(101)55(17-12-14-39-93(5,6)7)41-69(98)105-44-53-24-26-56(27-25-53)84-72(100)63(22-16-35-82-75(81)104)85-66(95)31-28-57(94)19-9-8-13-36-91-67(96)32-33-68(91)97;3-2(4,5)1(6)7/h10-11,15,18,20-21,23-27,29-30,32-33,42,55,63H,8-9,12-14,16-17,19,22,28,31,34-41,43-51H2,1-7H3,(H6-,81,82,84,85,86,88,95,99,100,102,103,104);(H,6,7)/p+1/t55-,63+,77?,78?,79?,80?;/m1./s1. The number of nitrogens with two attached hydrogens (primary N) is 1.